The third-order valence-corrected chi connectivity index (χ3v) is 2.98. The van der Waals surface area contributed by atoms with E-state index in [4.69, 9.17) is 5.26 Å². The third kappa shape index (κ3) is 4.08. The number of carboxylic acid groups (broad SMARTS) is 1. The Balaban J connectivity index is 2.91. The van der Waals surface area contributed by atoms with Gasteiger partial charge >= 0.3 is 5.97 Å². The Morgan fingerprint density at radius 1 is 1.47 bits per heavy atom. The average molecular weight is 260 g/mol. The van der Waals surface area contributed by atoms with Gasteiger partial charge in [0, 0.05) is 6.54 Å². The van der Waals surface area contributed by atoms with Crippen molar-refractivity contribution in [2.24, 2.45) is 5.41 Å². The largest absolute Gasteiger partial charge is 0.480 e. The predicted octanol–water partition coefficient (Wildman–Crippen LogP) is 2.49. The molecule has 0 amide bonds. The van der Waals surface area contributed by atoms with Crippen LogP contribution in [0.3, 0.4) is 0 Å². The smallest absolute Gasteiger partial charge is 0.321 e. The first kappa shape index (κ1) is 15.2. The molecule has 0 saturated carbocycles. The Morgan fingerprint density at radius 3 is 2.58 bits per heavy atom. The van der Waals surface area contributed by atoms with E-state index in [2.05, 4.69) is 6.07 Å². The van der Waals surface area contributed by atoms with E-state index < -0.39 is 12.0 Å². The van der Waals surface area contributed by atoms with E-state index in [1.165, 1.54) is 0 Å². The first-order valence-corrected chi connectivity index (χ1v) is 6.18. The second-order valence-corrected chi connectivity index (χ2v) is 5.83. The minimum atomic E-state index is -0.827. The summed E-state index contributed by atoms with van der Waals surface area (Å²) in [7, 11) is 1.79. The summed E-state index contributed by atoms with van der Waals surface area (Å²) >= 11 is 0. The Labute approximate surface area is 114 Å². The molecule has 0 fully saturated rings. The SMILES string of the molecule is CN(Cc1cccc(C#N)c1)C(C(=O)O)C(C)(C)C. The molecule has 102 valence electrons. The van der Waals surface area contributed by atoms with Crippen molar-refractivity contribution in [2.75, 3.05) is 7.05 Å². The first-order chi connectivity index (χ1) is 8.75. The number of rotatable bonds is 4. The van der Waals surface area contributed by atoms with Gasteiger partial charge in [-0.15, -0.1) is 0 Å². The molecule has 1 unspecified atom stereocenters. The lowest BCUT2D eigenvalue weighted by molar-refractivity contribution is -0.147. The van der Waals surface area contributed by atoms with Crippen molar-refractivity contribution in [1.82, 2.24) is 4.90 Å². The Bertz CT molecular complexity index is 498. The van der Waals surface area contributed by atoms with Crippen LogP contribution in [0.2, 0.25) is 0 Å². The van der Waals surface area contributed by atoms with Gasteiger partial charge in [-0.05, 0) is 30.2 Å². The van der Waals surface area contributed by atoms with Crippen LogP contribution in [0, 0.1) is 16.7 Å². The lowest BCUT2D eigenvalue weighted by Gasteiger charge is -2.34. The zero-order valence-electron chi connectivity index (χ0n) is 11.8. The zero-order valence-corrected chi connectivity index (χ0v) is 11.8. The highest BCUT2D eigenvalue weighted by Gasteiger charge is 2.34. The van der Waals surface area contributed by atoms with Gasteiger partial charge in [-0.3, -0.25) is 9.69 Å². The van der Waals surface area contributed by atoms with Gasteiger partial charge in [-0.25, -0.2) is 0 Å². The highest BCUT2D eigenvalue weighted by Crippen LogP contribution is 2.25. The molecular weight excluding hydrogens is 240 g/mol. The van der Waals surface area contributed by atoms with E-state index in [1.807, 2.05) is 32.9 Å². The summed E-state index contributed by atoms with van der Waals surface area (Å²) in [6, 6.07) is 8.76. The Hall–Kier alpha value is -1.86. The molecule has 0 spiro atoms. The molecule has 1 aromatic carbocycles. The molecule has 1 N–H and O–H groups in total. The van der Waals surface area contributed by atoms with E-state index in [-0.39, 0.29) is 5.41 Å². The van der Waals surface area contributed by atoms with Crippen molar-refractivity contribution in [3.05, 3.63) is 35.4 Å². The molecule has 19 heavy (non-hydrogen) atoms. The normalized spacial score (nSPS) is 13.1. The molecule has 0 bridgehead atoms. The number of hydrogen-bond donors (Lipinski definition) is 1. The van der Waals surface area contributed by atoms with Crippen molar-refractivity contribution in [2.45, 2.75) is 33.4 Å². The van der Waals surface area contributed by atoms with E-state index in [9.17, 15) is 9.90 Å². The molecule has 0 saturated heterocycles. The second-order valence-electron chi connectivity index (χ2n) is 5.83. The summed E-state index contributed by atoms with van der Waals surface area (Å²) in [6.45, 7) is 6.24. The minimum absolute atomic E-state index is 0.354. The summed E-state index contributed by atoms with van der Waals surface area (Å²) < 4.78 is 0. The first-order valence-electron chi connectivity index (χ1n) is 6.18. The Kier molecular flexibility index (Phi) is 4.68. The molecule has 4 nitrogen and oxygen atoms in total. The molecular formula is C15H20N2O2. The van der Waals surface area contributed by atoms with Crippen LogP contribution in [0.25, 0.3) is 0 Å². The fraction of sp³-hybridized carbons (Fsp3) is 0.467. The van der Waals surface area contributed by atoms with Gasteiger partial charge in [0.1, 0.15) is 6.04 Å². The van der Waals surface area contributed by atoms with Gasteiger partial charge in [0.2, 0.25) is 0 Å². The summed E-state index contributed by atoms with van der Waals surface area (Å²) in [5, 5.41) is 18.2. The topological polar surface area (TPSA) is 64.3 Å². The standard InChI is InChI=1S/C15H20N2O2/c1-15(2,3)13(14(18)19)17(4)10-12-7-5-6-11(8-12)9-16/h5-8,13H,10H2,1-4H3,(H,18,19). The van der Waals surface area contributed by atoms with Gasteiger partial charge < -0.3 is 5.11 Å². The van der Waals surface area contributed by atoms with Crippen molar-refractivity contribution in [3.63, 3.8) is 0 Å². The highest BCUT2D eigenvalue weighted by atomic mass is 16.4. The molecule has 1 rings (SSSR count). The maximum absolute atomic E-state index is 11.4. The number of nitriles is 1. The molecule has 0 heterocycles. The number of carbonyl (C=O) groups is 1. The lowest BCUT2D eigenvalue weighted by Crippen LogP contribution is -2.47. The number of likely N-dealkylation sites (N-methyl/N-ethyl adjacent to an activating group) is 1. The van der Waals surface area contributed by atoms with Gasteiger partial charge in [-0.1, -0.05) is 32.9 Å². The molecule has 0 aliphatic carbocycles. The van der Waals surface area contributed by atoms with Gasteiger partial charge in [0.05, 0.1) is 11.6 Å². The molecule has 0 radical (unpaired) electrons. The van der Waals surface area contributed by atoms with E-state index in [1.54, 1.807) is 24.1 Å². The number of aliphatic carboxylic acids is 1. The van der Waals surface area contributed by atoms with Crippen LogP contribution in [-0.4, -0.2) is 29.1 Å². The van der Waals surface area contributed by atoms with Crippen molar-refractivity contribution < 1.29 is 9.90 Å². The summed E-state index contributed by atoms with van der Waals surface area (Å²) in [5.41, 5.74) is 1.18. The minimum Gasteiger partial charge on any atom is -0.480 e. The second kappa shape index (κ2) is 5.85. The molecule has 1 aromatic rings. The van der Waals surface area contributed by atoms with Crippen LogP contribution in [0.5, 0.6) is 0 Å². The fourth-order valence-corrected chi connectivity index (χ4v) is 2.34. The molecule has 4 heteroatoms. The number of nitrogens with zero attached hydrogens (tertiary/aromatic N) is 2. The monoisotopic (exact) mass is 260 g/mol. The molecule has 0 aliphatic heterocycles. The third-order valence-electron chi connectivity index (χ3n) is 2.98. The number of hydrogen-bond acceptors (Lipinski definition) is 3. The van der Waals surface area contributed by atoms with E-state index in [0.29, 0.717) is 12.1 Å². The maximum atomic E-state index is 11.4. The van der Waals surface area contributed by atoms with Crippen LogP contribution >= 0.6 is 0 Å². The number of carboxylic acids is 1. The van der Waals surface area contributed by atoms with Crippen LogP contribution in [0.1, 0.15) is 31.9 Å². The fourth-order valence-electron chi connectivity index (χ4n) is 2.34. The van der Waals surface area contributed by atoms with Gasteiger partial charge in [-0.2, -0.15) is 5.26 Å². The maximum Gasteiger partial charge on any atom is 0.321 e. The molecule has 0 aliphatic rings. The zero-order chi connectivity index (χ0) is 14.6. The van der Waals surface area contributed by atoms with E-state index in [0.717, 1.165) is 5.56 Å². The predicted molar refractivity (Wildman–Crippen MR) is 73.5 cm³/mol. The molecule has 0 aromatic heterocycles. The van der Waals surface area contributed by atoms with Gasteiger partial charge in [0.15, 0.2) is 0 Å². The van der Waals surface area contributed by atoms with Crippen LogP contribution in [0.15, 0.2) is 24.3 Å². The van der Waals surface area contributed by atoms with Gasteiger partial charge in [0.25, 0.3) is 0 Å². The average Bonchev–Trinajstić information content (AvgIpc) is 2.26. The van der Waals surface area contributed by atoms with Crippen molar-refractivity contribution >= 4 is 5.97 Å². The van der Waals surface area contributed by atoms with E-state index >= 15 is 0 Å². The lowest BCUT2D eigenvalue weighted by atomic mass is 9.85. The summed E-state index contributed by atoms with van der Waals surface area (Å²) in [4.78, 5) is 13.2. The quantitative estimate of drug-likeness (QED) is 0.903. The molecule has 1 atom stereocenters. The van der Waals surface area contributed by atoms with Crippen molar-refractivity contribution in [3.8, 4) is 6.07 Å². The number of benzene rings is 1. The van der Waals surface area contributed by atoms with Crippen LogP contribution < -0.4 is 0 Å². The van der Waals surface area contributed by atoms with Crippen molar-refractivity contribution in [1.29, 1.82) is 5.26 Å². The van der Waals surface area contributed by atoms with Crippen LogP contribution in [0.4, 0.5) is 0 Å². The highest BCUT2D eigenvalue weighted by molar-refractivity contribution is 5.74. The summed E-state index contributed by atoms with van der Waals surface area (Å²) in [5.74, 6) is -0.827. The van der Waals surface area contributed by atoms with Crippen LogP contribution in [-0.2, 0) is 11.3 Å². The Morgan fingerprint density at radius 2 is 2.11 bits per heavy atom. The summed E-state index contributed by atoms with van der Waals surface area (Å²) in [6.07, 6.45) is 0.